The molecule has 1 aromatic carbocycles. The number of hydrogen-bond donors (Lipinski definition) is 1. The SMILES string of the molecule is CCOC(=O)/C(C)=C/[C@]1(C)O[C@H](C)[C@](C)(O)[C@@H]1OCc1ccccc1. The van der Waals surface area contributed by atoms with Crippen molar-refractivity contribution < 1.29 is 24.1 Å². The normalized spacial score (nSPS) is 32.6. The Hall–Kier alpha value is -1.69. The lowest BCUT2D eigenvalue weighted by atomic mass is 9.85. The zero-order valence-corrected chi connectivity index (χ0v) is 15.6. The maximum Gasteiger partial charge on any atom is 0.333 e. The van der Waals surface area contributed by atoms with E-state index in [9.17, 15) is 9.90 Å². The molecule has 0 unspecified atom stereocenters. The molecule has 4 atom stereocenters. The molecule has 2 rings (SSSR count). The molecule has 1 heterocycles. The standard InChI is InChI=1S/C20H28O5/c1-6-23-17(21)14(2)12-19(4)18(20(5,22)15(3)25-19)24-13-16-10-8-7-9-11-16/h7-12,15,18,22H,6,13H2,1-5H3/b14-12+/t15-,18-,19+,20+/m1/s1. The molecule has 0 aliphatic carbocycles. The highest BCUT2D eigenvalue weighted by atomic mass is 16.6. The van der Waals surface area contributed by atoms with E-state index in [1.807, 2.05) is 37.3 Å². The summed E-state index contributed by atoms with van der Waals surface area (Å²) in [7, 11) is 0. The first-order valence-corrected chi connectivity index (χ1v) is 8.63. The molecule has 0 bridgehead atoms. The summed E-state index contributed by atoms with van der Waals surface area (Å²) in [6.07, 6.45) is 0.627. The molecule has 25 heavy (non-hydrogen) atoms. The van der Waals surface area contributed by atoms with Gasteiger partial charge < -0.3 is 19.3 Å². The van der Waals surface area contributed by atoms with Crippen molar-refractivity contribution in [1.82, 2.24) is 0 Å². The molecule has 138 valence electrons. The largest absolute Gasteiger partial charge is 0.463 e. The van der Waals surface area contributed by atoms with Gasteiger partial charge >= 0.3 is 5.97 Å². The summed E-state index contributed by atoms with van der Waals surface area (Å²) < 4.78 is 17.1. The average molecular weight is 348 g/mol. The molecule has 1 aliphatic heterocycles. The van der Waals surface area contributed by atoms with Gasteiger partial charge in [0.25, 0.3) is 0 Å². The van der Waals surface area contributed by atoms with E-state index >= 15 is 0 Å². The fourth-order valence-electron chi connectivity index (χ4n) is 3.29. The van der Waals surface area contributed by atoms with Crippen LogP contribution in [-0.4, -0.2) is 41.1 Å². The van der Waals surface area contributed by atoms with Crippen molar-refractivity contribution in [1.29, 1.82) is 0 Å². The molecule has 0 aromatic heterocycles. The van der Waals surface area contributed by atoms with Crippen LogP contribution in [0.5, 0.6) is 0 Å². The first-order valence-electron chi connectivity index (χ1n) is 8.63. The minimum absolute atomic E-state index is 0.309. The minimum atomic E-state index is -1.19. The van der Waals surface area contributed by atoms with Crippen molar-refractivity contribution in [2.45, 2.75) is 64.6 Å². The highest BCUT2D eigenvalue weighted by Crippen LogP contribution is 2.42. The van der Waals surface area contributed by atoms with Crippen molar-refractivity contribution in [2.24, 2.45) is 0 Å². The maximum atomic E-state index is 12.0. The van der Waals surface area contributed by atoms with Crippen LogP contribution in [0.4, 0.5) is 0 Å². The van der Waals surface area contributed by atoms with Crippen LogP contribution >= 0.6 is 0 Å². The van der Waals surface area contributed by atoms with Gasteiger partial charge in [0.2, 0.25) is 0 Å². The Labute approximate surface area is 149 Å². The van der Waals surface area contributed by atoms with Gasteiger partial charge in [0.05, 0.1) is 19.3 Å². The number of aliphatic hydroxyl groups is 1. The van der Waals surface area contributed by atoms with Crippen molar-refractivity contribution in [3.63, 3.8) is 0 Å². The number of rotatable bonds is 6. The number of hydrogen-bond acceptors (Lipinski definition) is 5. The summed E-state index contributed by atoms with van der Waals surface area (Å²) >= 11 is 0. The Bertz CT molecular complexity index is 622. The second-order valence-electron chi connectivity index (χ2n) is 6.89. The number of benzene rings is 1. The van der Waals surface area contributed by atoms with Gasteiger partial charge in [-0.05, 0) is 46.3 Å². The Morgan fingerprint density at radius 2 is 1.96 bits per heavy atom. The van der Waals surface area contributed by atoms with E-state index in [4.69, 9.17) is 14.2 Å². The quantitative estimate of drug-likeness (QED) is 0.632. The van der Waals surface area contributed by atoms with Crippen molar-refractivity contribution >= 4 is 5.97 Å². The van der Waals surface area contributed by atoms with E-state index in [1.54, 1.807) is 33.8 Å². The first-order chi connectivity index (χ1) is 11.7. The molecule has 1 N–H and O–H groups in total. The number of carbonyl (C=O) groups excluding carboxylic acids is 1. The zero-order valence-electron chi connectivity index (χ0n) is 15.6. The van der Waals surface area contributed by atoms with Crippen LogP contribution in [0, 0.1) is 0 Å². The van der Waals surface area contributed by atoms with Crippen molar-refractivity contribution in [3.8, 4) is 0 Å². The van der Waals surface area contributed by atoms with Gasteiger partial charge in [0, 0.05) is 5.57 Å². The lowest BCUT2D eigenvalue weighted by Gasteiger charge is -2.33. The first kappa shape index (κ1) is 19.6. The Morgan fingerprint density at radius 3 is 2.56 bits per heavy atom. The molecule has 0 amide bonds. The molecule has 5 heteroatoms. The van der Waals surface area contributed by atoms with E-state index in [0.29, 0.717) is 18.8 Å². The van der Waals surface area contributed by atoms with Gasteiger partial charge in [-0.15, -0.1) is 0 Å². The highest BCUT2D eigenvalue weighted by Gasteiger charge is 2.57. The summed E-state index contributed by atoms with van der Waals surface area (Å²) in [5.41, 5.74) is -0.683. The molecular weight excluding hydrogens is 320 g/mol. The third-order valence-electron chi connectivity index (χ3n) is 4.67. The fourth-order valence-corrected chi connectivity index (χ4v) is 3.29. The van der Waals surface area contributed by atoms with Gasteiger partial charge in [-0.25, -0.2) is 4.79 Å². The summed E-state index contributed by atoms with van der Waals surface area (Å²) in [4.78, 5) is 12.0. The van der Waals surface area contributed by atoms with E-state index in [-0.39, 0.29) is 0 Å². The van der Waals surface area contributed by atoms with Crippen molar-refractivity contribution in [2.75, 3.05) is 6.61 Å². The van der Waals surface area contributed by atoms with E-state index < -0.39 is 29.4 Å². The third kappa shape index (κ3) is 4.29. The Morgan fingerprint density at radius 1 is 1.32 bits per heavy atom. The van der Waals surface area contributed by atoms with Crippen LogP contribution in [0.3, 0.4) is 0 Å². The van der Waals surface area contributed by atoms with Crippen LogP contribution in [0.15, 0.2) is 42.0 Å². The van der Waals surface area contributed by atoms with Crippen LogP contribution in [0.25, 0.3) is 0 Å². The van der Waals surface area contributed by atoms with Gasteiger partial charge in [0.15, 0.2) is 0 Å². The topological polar surface area (TPSA) is 65.0 Å². The van der Waals surface area contributed by atoms with Crippen LogP contribution in [-0.2, 0) is 25.6 Å². The van der Waals surface area contributed by atoms with Crippen molar-refractivity contribution in [3.05, 3.63) is 47.5 Å². The summed E-state index contributed by atoms with van der Waals surface area (Å²) in [6.45, 7) is 9.42. The Kier molecular flexibility index (Phi) is 6.03. The highest BCUT2D eigenvalue weighted by molar-refractivity contribution is 5.88. The lowest BCUT2D eigenvalue weighted by Crippen LogP contribution is -2.49. The molecule has 5 nitrogen and oxygen atoms in total. The van der Waals surface area contributed by atoms with E-state index in [1.165, 1.54) is 0 Å². The van der Waals surface area contributed by atoms with Crippen LogP contribution < -0.4 is 0 Å². The summed E-state index contributed by atoms with van der Waals surface area (Å²) in [5.74, 6) is -0.395. The maximum absolute atomic E-state index is 12.0. The molecule has 0 radical (unpaired) electrons. The molecular formula is C20H28O5. The molecule has 0 saturated carbocycles. The molecule has 1 aliphatic rings. The second-order valence-corrected chi connectivity index (χ2v) is 6.89. The summed E-state index contributed by atoms with van der Waals surface area (Å²) in [5, 5.41) is 10.9. The molecule has 0 spiro atoms. The lowest BCUT2D eigenvalue weighted by molar-refractivity contribution is -0.138. The van der Waals surface area contributed by atoms with Crippen LogP contribution in [0.2, 0.25) is 0 Å². The van der Waals surface area contributed by atoms with E-state index in [0.717, 1.165) is 5.56 Å². The van der Waals surface area contributed by atoms with E-state index in [2.05, 4.69) is 0 Å². The van der Waals surface area contributed by atoms with Gasteiger partial charge in [-0.2, -0.15) is 0 Å². The predicted octanol–water partition coefficient (Wildman–Crippen LogP) is 3.01. The van der Waals surface area contributed by atoms with Gasteiger partial charge in [-0.3, -0.25) is 0 Å². The number of esters is 1. The Balaban J connectivity index is 2.24. The van der Waals surface area contributed by atoms with Gasteiger partial charge in [-0.1, -0.05) is 30.3 Å². The van der Waals surface area contributed by atoms with Crippen LogP contribution in [0.1, 0.15) is 40.2 Å². The summed E-state index contributed by atoms with van der Waals surface area (Å²) in [6, 6.07) is 9.75. The fraction of sp³-hybridized carbons (Fsp3) is 0.550. The smallest absolute Gasteiger partial charge is 0.333 e. The zero-order chi connectivity index (χ0) is 18.7. The monoisotopic (exact) mass is 348 g/mol. The minimum Gasteiger partial charge on any atom is -0.463 e. The number of ether oxygens (including phenoxy) is 3. The average Bonchev–Trinajstić information content (AvgIpc) is 2.71. The molecule has 1 aromatic rings. The van der Waals surface area contributed by atoms with Gasteiger partial charge in [0.1, 0.15) is 17.3 Å². The second kappa shape index (κ2) is 7.68. The molecule has 1 saturated heterocycles. The third-order valence-corrected chi connectivity index (χ3v) is 4.67. The number of carbonyl (C=O) groups is 1. The molecule has 1 fully saturated rings. The predicted molar refractivity (Wildman–Crippen MR) is 95.0 cm³/mol.